The Kier molecular flexibility index (Phi) is 8.46. The maximum Gasteiger partial charge on any atom is 0.229 e. The number of nitrogens with zero attached hydrogens (tertiary/aromatic N) is 1. The monoisotopic (exact) mass is 435 g/mol. The summed E-state index contributed by atoms with van der Waals surface area (Å²) >= 11 is 6.27. The van der Waals surface area contributed by atoms with E-state index in [2.05, 4.69) is 26.5 Å². The fraction of sp³-hybridized carbons (Fsp3) is 0.895. The van der Waals surface area contributed by atoms with Crippen molar-refractivity contribution >= 4 is 23.5 Å². The maximum atomic E-state index is 13.7. The van der Waals surface area contributed by atoms with Crippen LogP contribution in [0.15, 0.2) is 4.99 Å². The van der Waals surface area contributed by atoms with Crippen LogP contribution in [0.3, 0.4) is 0 Å². The first-order chi connectivity index (χ1) is 14.0. The van der Waals surface area contributed by atoms with Crippen LogP contribution >= 0.6 is 11.6 Å². The number of halogens is 3. The lowest BCUT2D eigenvalue weighted by atomic mass is 9.84. The largest absolute Gasteiger partial charge is 0.380 e. The first-order valence-electron chi connectivity index (χ1n) is 10.6. The number of amides is 1. The number of carbonyl (C=O) groups excluding carboxylic acids is 1. The fourth-order valence-electron chi connectivity index (χ4n) is 4.32. The predicted octanol–water partition coefficient (Wildman–Crippen LogP) is 1.77. The van der Waals surface area contributed by atoms with Gasteiger partial charge in [-0.15, -0.1) is 11.6 Å². The Morgan fingerprint density at radius 1 is 1.17 bits per heavy atom. The van der Waals surface area contributed by atoms with Crippen molar-refractivity contribution in [3.05, 3.63) is 0 Å². The molecular weight excluding hydrogens is 404 g/mol. The van der Waals surface area contributed by atoms with Crippen LogP contribution in [0.4, 0.5) is 8.78 Å². The van der Waals surface area contributed by atoms with Gasteiger partial charge >= 0.3 is 0 Å². The number of hydrogen-bond donors (Lipinski definition) is 4. The SMILES string of the molecule is CCOCCN=C(NC(=O)C1CCC(F)C(F)C1)NC1NNC2CC(Cl)CCC21. The van der Waals surface area contributed by atoms with Crippen LogP contribution in [0.5, 0.6) is 0 Å². The van der Waals surface area contributed by atoms with Gasteiger partial charge in [0.25, 0.3) is 0 Å². The minimum Gasteiger partial charge on any atom is -0.380 e. The van der Waals surface area contributed by atoms with Crippen LogP contribution in [0.2, 0.25) is 0 Å². The standard InChI is InChI=1S/C19H32ClF2N5O2/c1-2-29-8-7-23-19(25-18(28)11-3-6-14(21)15(22)9-11)24-17-13-5-4-12(20)10-16(13)26-27-17/h11-17,26-27H,2-10H2,1H3,(H2,23,24,25,28). The molecule has 2 saturated carbocycles. The molecule has 29 heavy (non-hydrogen) atoms. The highest BCUT2D eigenvalue weighted by atomic mass is 35.5. The number of hydrogen-bond acceptors (Lipinski definition) is 5. The van der Waals surface area contributed by atoms with Crippen molar-refractivity contribution in [2.45, 2.75) is 75.4 Å². The van der Waals surface area contributed by atoms with Gasteiger partial charge in [-0.2, -0.15) is 0 Å². The summed E-state index contributed by atoms with van der Waals surface area (Å²) in [5, 5.41) is 6.24. The van der Waals surface area contributed by atoms with Crippen LogP contribution in [0.25, 0.3) is 0 Å². The third kappa shape index (κ3) is 6.23. The van der Waals surface area contributed by atoms with Gasteiger partial charge in [0.05, 0.1) is 19.3 Å². The summed E-state index contributed by atoms with van der Waals surface area (Å²) in [6.07, 6.45) is -0.0672. The third-order valence-corrected chi connectivity index (χ3v) is 6.40. The Hall–Kier alpha value is -1.03. The van der Waals surface area contributed by atoms with Crippen molar-refractivity contribution in [2.75, 3.05) is 19.8 Å². The zero-order valence-corrected chi connectivity index (χ0v) is 17.6. The number of alkyl halides is 3. The molecule has 4 N–H and O–H groups in total. The quantitative estimate of drug-likeness (QED) is 0.221. The molecule has 3 rings (SSSR count). The summed E-state index contributed by atoms with van der Waals surface area (Å²) in [6, 6.07) is 0.260. The number of nitrogens with one attached hydrogen (secondary N) is 4. The van der Waals surface area contributed by atoms with Crippen molar-refractivity contribution in [1.29, 1.82) is 0 Å². The molecule has 0 bridgehead atoms. The molecule has 166 valence electrons. The zero-order valence-electron chi connectivity index (χ0n) is 16.8. The summed E-state index contributed by atoms with van der Waals surface area (Å²) < 4.78 is 32.4. The maximum absolute atomic E-state index is 13.7. The molecule has 1 heterocycles. The molecule has 3 fully saturated rings. The Morgan fingerprint density at radius 2 is 2.00 bits per heavy atom. The van der Waals surface area contributed by atoms with Gasteiger partial charge in [-0.05, 0) is 45.4 Å². The highest BCUT2D eigenvalue weighted by molar-refractivity contribution is 6.20. The molecule has 0 radical (unpaired) electrons. The van der Waals surface area contributed by atoms with E-state index in [9.17, 15) is 13.6 Å². The van der Waals surface area contributed by atoms with Gasteiger partial charge in [0.1, 0.15) is 12.3 Å². The molecular formula is C19H32ClF2N5O2. The average molecular weight is 436 g/mol. The van der Waals surface area contributed by atoms with Gasteiger partial charge in [0.2, 0.25) is 5.91 Å². The van der Waals surface area contributed by atoms with Crippen LogP contribution in [0.1, 0.15) is 45.4 Å². The number of fused-ring (bicyclic) bond motifs is 1. The van der Waals surface area contributed by atoms with E-state index < -0.39 is 18.3 Å². The number of aliphatic imine (C=N–C) groups is 1. The molecule has 1 amide bonds. The van der Waals surface area contributed by atoms with E-state index in [1.54, 1.807) is 0 Å². The Morgan fingerprint density at radius 3 is 2.76 bits per heavy atom. The number of guanidine groups is 1. The number of carbonyl (C=O) groups is 1. The van der Waals surface area contributed by atoms with Crippen molar-refractivity contribution in [3.63, 3.8) is 0 Å². The zero-order chi connectivity index (χ0) is 20.8. The average Bonchev–Trinajstić information content (AvgIpc) is 3.08. The van der Waals surface area contributed by atoms with Gasteiger partial charge in [-0.1, -0.05) is 0 Å². The summed E-state index contributed by atoms with van der Waals surface area (Å²) in [4.78, 5) is 17.1. The van der Waals surface area contributed by atoms with Crippen LogP contribution in [-0.4, -0.2) is 61.6 Å². The second-order valence-electron chi connectivity index (χ2n) is 8.05. The fourth-order valence-corrected chi connectivity index (χ4v) is 4.64. The molecule has 1 saturated heterocycles. The van der Waals surface area contributed by atoms with Gasteiger partial charge in [0.15, 0.2) is 5.96 Å². The number of hydrazine groups is 1. The summed E-state index contributed by atoms with van der Waals surface area (Å²) in [7, 11) is 0. The van der Waals surface area contributed by atoms with E-state index >= 15 is 0 Å². The van der Waals surface area contributed by atoms with Gasteiger partial charge < -0.3 is 10.1 Å². The van der Waals surface area contributed by atoms with E-state index in [-0.39, 0.29) is 36.3 Å². The molecule has 0 aromatic heterocycles. The Balaban J connectivity index is 1.59. The van der Waals surface area contributed by atoms with Gasteiger partial charge in [-0.25, -0.2) is 14.2 Å². The van der Waals surface area contributed by atoms with E-state index in [0.29, 0.717) is 38.1 Å². The molecule has 7 nitrogen and oxygen atoms in total. The minimum atomic E-state index is -1.59. The third-order valence-electron chi connectivity index (χ3n) is 6.00. The molecule has 0 spiro atoms. The van der Waals surface area contributed by atoms with E-state index in [0.717, 1.165) is 19.3 Å². The smallest absolute Gasteiger partial charge is 0.229 e. The lowest BCUT2D eigenvalue weighted by Gasteiger charge is -2.31. The lowest BCUT2D eigenvalue weighted by Crippen LogP contribution is -2.54. The highest BCUT2D eigenvalue weighted by Gasteiger charge is 2.40. The Labute approximate surface area is 175 Å². The number of rotatable bonds is 6. The molecule has 10 heteroatoms. The van der Waals surface area contributed by atoms with Crippen molar-refractivity contribution < 1.29 is 18.3 Å². The normalized spacial score (nSPS) is 37.8. The highest BCUT2D eigenvalue weighted by Crippen LogP contribution is 2.32. The molecule has 2 aliphatic carbocycles. The minimum absolute atomic E-state index is 0.0704. The van der Waals surface area contributed by atoms with Crippen LogP contribution in [0, 0.1) is 11.8 Å². The molecule has 7 atom stereocenters. The predicted molar refractivity (Wildman–Crippen MR) is 108 cm³/mol. The van der Waals surface area contributed by atoms with Crippen LogP contribution in [-0.2, 0) is 9.53 Å². The summed E-state index contributed by atoms with van der Waals surface area (Å²) in [5.74, 6) is -0.226. The summed E-state index contributed by atoms with van der Waals surface area (Å²) in [5.41, 5.74) is 6.49. The van der Waals surface area contributed by atoms with Crippen LogP contribution < -0.4 is 21.5 Å². The van der Waals surface area contributed by atoms with Crippen molar-refractivity contribution in [3.8, 4) is 0 Å². The second-order valence-corrected chi connectivity index (χ2v) is 8.67. The van der Waals surface area contributed by atoms with E-state index in [1.807, 2.05) is 6.92 Å². The number of ether oxygens (including phenoxy) is 1. The van der Waals surface area contributed by atoms with Crippen molar-refractivity contribution in [1.82, 2.24) is 21.5 Å². The molecule has 3 aliphatic rings. The first-order valence-corrected chi connectivity index (χ1v) is 11.0. The molecule has 0 aromatic carbocycles. The van der Waals surface area contributed by atoms with Gasteiger partial charge in [0, 0.05) is 29.9 Å². The first kappa shape index (κ1) is 22.7. The molecule has 1 aliphatic heterocycles. The lowest BCUT2D eigenvalue weighted by molar-refractivity contribution is -0.125. The second kappa shape index (κ2) is 10.8. The van der Waals surface area contributed by atoms with Gasteiger partial charge in [-0.3, -0.25) is 20.5 Å². The Bertz CT molecular complexity index is 585. The van der Waals surface area contributed by atoms with E-state index in [1.165, 1.54) is 0 Å². The topological polar surface area (TPSA) is 86.8 Å². The summed E-state index contributed by atoms with van der Waals surface area (Å²) in [6.45, 7) is 3.32. The van der Waals surface area contributed by atoms with E-state index in [4.69, 9.17) is 16.3 Å². The molecule has 0 aromatic rings. The van der Waals surface area contributed by atoms with Crippen molar-refractivity contribution in [2.24, 2.45) is 16.8 Å². The molecule has 7 unspecified atom stereocenters.